The van der Waals surface area contributed by atoms with E-state index in [2.05, 4.69) is 24.8 Å². The van der Waals surface area contributed by atoms with Crippen molar-refractivity contribution < 1.29 is 0 Å². The molecule has 1 aliphatic heterocycles. The Labute approximate surface area is 110 Å². The fourth-order valence-corrected chi connectivity index (χ4v) is 2.83. The summed E-state index contributed by atoms with van der Waals surface area (Å²) in [6.07, 6.45) is 6.57. The van der Waals surface area contributed by atoms with Crippen LogP contribution in [0.1, 0.15) is 6.42 Å². The summed E-state index contributed by atoms with van der Waals surface area (Å²) in [5.41, 5.74) is 0. The van der Waals surface area contributed by atoms with Crippen LogP contribution in [0.25, 0.3) is 0 Å². The van der Waals surface area contributed by atoms with Gasteiger partial charge in [-0.2, -0.15) is 0 Å². The Balaban J connectivity index is 1.69. The third-order valence-electron chi connectivity index (χ3n) is 3.02. The second kappa shape index (κ2) is 5.30. The number of aromatic nitrogens is 3. The summed E-state index contributed by atoms with van der Waals surface area (Å²) in [5, 5.41) is 3.14. The first kappa shape index (κ1) is 11.4. The first-order chi connectivity index (χ1) is 8.93. The lowest BCUT2D eigenvalue weighted by Gasteiger charge is -2.21. The molecule has 1 aliphatic rings. The molecule has 0 radical (unpaired) electrons. The summed E-state index contributed by atoms with van der Waals surface area (Å²) in [6, 6.07) is 1.85. The highest BCUT2D eigenvalue weighted by Crippen LogP contribution is 2.19. The van der Waals surface area contributed by atoms with Crippen LogP contribution in [0.4, 0.5) is 11.1 Å². The molecule has 2 aromatic rings. The van der Waals surface area contributed by atoms with Crippen molar-refractivity contribution in [2.24, 2.45) is 0 Å². The molecule has 1 saturated heterocycles. The van der Waals surface area contributed by atoms with Crippen molar-refractivity contribution in [1.29, 1.82) is 0 Å². The molecule has 3 rings (SSSR count). The smallest absolute Gasteiger partial charge is 0.225 e. The molecule has 0 aromatic carbocycles. The molecule has 0 saturated carbocycles. The molecule has 0 atom stereocenters. The fraction of sp³-hybridized carbons (Fsp3) is 0.417. The van der Waals surface area contributed by atoms with Crippen LogP contribution in [-0.4, -0.2) is 41.1 Å². The van der Waals surface area contributed by atoms with Gasteiger partial charge in [0, 0.05) is 50.1 Å². The van der Waals surface area contributed by atoms with Crippen LogP contribution in [0.2, 0.25) is 0 Å². The highest BCUT2D eigenvalue weighted by Gasteiger charge is 2.17. The molecule has 18 heavy (non-hydrogen) atoms. The van der Waals surface area contributed by atoms with Gasteiger partial charge in [0.2, 0.25) is 5.95 Å². The zero-order chi connectivity index (χ0) is 12.2. The van der Waals surface area contributed by atoms with E-state index in [9.17, 15) is 0 Å². The van der Waals surface area contributed by atoms with E-state index in [-0.39, 0.29) is 0 Å². The van der Waals surface area contributed by atoms with Gasteiger partial charge in [-0.05, 0) is 12.5 Å². The minimum Gasteiger partial charge on any atom is -0.346 e. The third kappa shape index (κ3) is 2.43. The van der Waals surface area contributed by atoms with Crippen LogP contribution < -0.4 is 9.80 Å². The molecule has 0 spiro atoms. The molecule has 2 aromatic heterocycles. The molecule has 0 aliphatic carbocycles. The zero-order valence-electron chi connectivity index (χ0n) is 10.1. The number of anilines is 2. The predicted octanol–water partition coefficient (Wildman–Crippen LogP) is 1.65. The van der Waals surface area contributed by atoms with Crippen LogP contribution in [0.3, 0.4) is 0 Å². The monoisotopic (exact) mass is 261 g/mol. The van der Waals surface area contributed by atoms with Gasteiger partial charge in [-0.25, -0.2) is 15.0 Å². The molecular formula is C12H15N5S. The lowest BCUT2D eigenvalue weighted by Crippen LogP contribution is -2.31. The van der Waals surface area contributed by atoms with Crippen LogP contribution in [0, 0.1) is 0 Å². The predicted molar refractivity (Wildman–Crippen MR) is 73.2 cm³/mol. The Bertz CT molecular complexity index is 472. The molecule has 0 bridgehead atoms. The van der Waals surface area contributed by atoms with Gasteiger partial charge >= 0.3 is 0 Å². The van der Waals surface area contributed by atoms with Crippen LogP contribution in [0.5, 0.6) is 0 Å². The molecule has 3 heterocycles. The lowest BCUT2D eigenvalue weighted by atomic mass is 10.4. The minimum atomic E-state index is 0.832. The van der Waals surface area contributed by atoms with Gasteiger partial charge in [0.25, 0.3) is 0 Å². The highest BCUT2D eigenvalue weighted by molar-refractivity contribution is 7.13. The van der Waals surface area contributed by atoms with Gasteiger partial charge < -0.3 is 9.80 Å². The lowest BCUT2D eigenvalue weighted by molar-refractivity contribution is 0.782. The second-order valence-corrected chi connectivity index (χ2v) is 5.06. The molecule has 1 fully saturated rings. The Kier molecular flexibility index (Phi) is 3.36. The van der Waals surface area contributed by atoms with E-state index in [4.69, 9.17) is 0 Å². The Morgan fingerprint density at radius 1 is 0.889 bits per heavy atom. The molecular weight excluding hydrogens is 246 g/mol. The van der Waals surface area contributed by atoms with Crippen molar-refractivity contribution in [1.82, 2.24) is 15.0 Å². The van der Waals surface area contributed by atoms with Crippen molar-refractivity contribution in [2.45, 2.75) is 6.42 Å². The summed E-state index contributed by atoms with van der Waals surface area (Å²) in [7, 11) is 0. The first-order valence-corrected chi connectivity index (χ1v) is 6.98. The molecule has 5 nitrogen and oxygen atoms in total. The van der Waals surface area contributed by atoms with Crippen molar-refractivity contribution in [3.8, 4) is 0 Å². The summed E-state index contributed by atoms with van der Waals surface area (Å²) in [6.45, 7) is 3.98. The minimum absolute atomic E-state index is 0.832. The fourth-order valence-electron chi connectivity index (χ4n) is 2.14. The number of thiazole rings is 1. The zero-order valence-corrected chi connectivity index (χ0v) is 10.9. The molecule has 94 valence electrons. The molecule has 0 amide bonds. The molecule has 0 N–H and O–H groups in total. The number of rotatable bonds is 2. The van der Waals surface area contributed by atoms with Crippen molar-refractivity contribution >= 4 is 22.4 Å². The maximum absolute atomic E-state index is 4.37. The van der Waals surface area contributed by atoms with Crippen molar-refractivity contribution in [3.05, 3.63) is 30.0 Å². The van der Waals surface area contributed by atoms with E-state index in [1.807, 2.05) is 17.6 Å². The van der Waals surface area contributed by atoms with E-state index >= 15 is 0 Å². The Morgan fingerprint density at radius 3 is 2.44 bits per heavy atom. The summed E-state index contributed by atoms with van der Waals surface area (Å²) in [4.78, 5) is 17.6. The number of nitrogens with zero attached hydrogens (tertiary/aromatic N) is 5. The summed E-state index contributed by atoms with van der Waals surface area (Å²) in [5.74, 6) is 0.832. The molecule has 6 heteroatoms. The number of hydrogen-bond donors (Lipinski definition) is 0. The third-order valence-corrected chi connectivity index (χ3v) is 3.85. The summed E-state index contributed by atoms with van der Waals surface area (Å²) < 4.78 is 0. The SMILES string of the molecule is c1cnc(N2CCCN(c3nccs3)CC2)nc1. The Morgan fingerprint density at radius 2 is 1.67 bits per heavy atom. The van der Waals surface area contributed by atoms with Crippen molar-refractivity contribution in [2.75, 3.05) is 36.0 Å². The molecule has 0 unspecified atom stereocenters. The normalized spacial score (nSPS) is 16.7. The van der Waals surface area contributed by atoms with E-state index < -0.39 is 0 Å². The van der Waals surface area contributed by atoms with Gasteiger partial charge in [0.1, 0.15) is 0 Å². The van der Waals surface area contributed by atoms with Gasteiger partial charge in [0.05, 0.1) is 0 Å². The highest BCUT2D eigenvalue weighted by atomic mass is 32.1. The van der Waals surface area contributed by atoms with Gasteiger partial charge in [-0.15, -0.1) is 11.3 Å². The van der Waals surface area contributed by atoms with Crippen LogP contribution in [-0.2, 0) is 0 Å². The largest absolute Gasteiger partial charge is 0.346 e. The average Bonchev–Trinajstić information content (AvgIpc) is 2.84. The van der Waals surface area contributed by atoms with E-state index in [1.54, 1.807) is 23.7 Å². The maximum atomic E-state index is 4.37. The number of hydrogen-bond acceptors (Lipinski definition) is 6. The van der Waals surface area contributed by atoms with Gasteiger partial charge in [0.15, 0.2) is 5.13 Å². The quantitative estimate of drug-likeness (QED) is 0.822. The summed E-state index contributed by atoms with van der Waals surface area (Å²) >= 11 is 1.70. The van der Waals surface area contributed by atoms with E-state index in [0.29, 0.717) is 0 Å². The Hall–Kier alpha value is -1.69. The van der Waals surface area contributed by atoms with Gasteiger partial charge in [-0.3, -0.25) is 0 Å². The van der Waals surface area contributed by atoms with Crippen LogP contribution >= 0.6 is 11.3 Å². The topological polar surface area (TPSA) is 45.2 Å². The van der Waals surface area contributed by atoms with E-state index in [0.717, 1.165) is 43.7 Å². The van der Waals surface area contributed by atoms with Gasteiger partial charge in [-0.1, -0.05) is 0 Å². The standard InChI is InChI=1S/C12H15N5S/c1-3-13-11(14-4-1)16-6-2-7-17(9-8-16)12-15-5-10-18-12/h1,3-5,10H,2,6-9H2. The maximum Gasteiger partial charge on any atom is 0.225 e. The first-order valence-electron chi connectivity index (χ1n) is 6.10. The van der Waals surface area contributed by atoms with Crippen molar-refractivity contribution in [3.63, 3.8) is 0 Å². The van der Waals surface area contributed by atoms with E-state index in [1.165, 1.54) is 0 Å². The average molecular weight is 261 g/mol. The second-order valence-electron chi connectivity index (χ2n) is 4.19. The van der Waals surface area contributed by atoms with Crippen LogP contribution in [0.15, 0.2) is 30.0 Å².